The molecule has 0 radical (unpaired) electrons. The van der Waals surface area contributed by atoms with Gasteiger partial charge >= 0.3 is 0 Å². The van der Waals surface area contributed by atoms with Gasteiger partial charge in [-0.2, -0.15) is 0 Å². The third-order valence-corrected chi connectivity index (χ3v) is 4.18. The molecule has 0 aliphatic heterocycles. The van der Waals surface area contributed by atoms with E-state index in [0.29, 0.717) is 0 Å². The summed E-state index contributed by atoms with van der Waals surface area (Å²) in [4.78, 5) is 0. The molecule has 1 heteroatoms. The highest BCUT2D eigenvalue weighted by molar-refractivity contribution is 5.56. The Labute approximate surface area is 132 Å². The zero-order valence-corrected chi connectivity index (χ0v) is 12.9. The summed E-state index contributed by atoms with van der Waals surface area (Å²) < 4.78 is 0. The Kier molecular flexibility index (Phi) is 4.24. The van der Waals surface area contributed by atoms with Gasteiger partial charge in [-0.3, -0.25) is 0 Å². The Bertz CT molecular complexity index is 693. The molecule has 110 valence electrons. The molecule has 0 amide bonds. The van der Waals surface area contributed by atoms with Crippen molar-refractivity contribution < 1.29 is 0 Å². The molecule has 0 fully saturated rings. The molecule has 3 aromatic carbocycles. The molecule has 3 rings (SSSR count). The number of nitrogen functional groups attached to an aromatic ring is 1. The lowest BCUT2D eigenvalue weighted by atomic mass is 9.82. The molecule has 0 saturated carbocycles. The SMILES string of the molecule is CCc1c(N)cccc1C(c1ccccc1)c1ccccc1. The standard InChI is InChI=1S/C21H21N/c1-2-18-19(14-9-15-20(18)22)21(16-10-5-3-6-11-16)17-12-7-4-8-13-17/h3-15,21H,2,22H2,1H3. The molecule has 0 spiro atoms. The largest absolute Gasteiger partial charge is 0.398 e. The highest BCUT2D eigenvalue weighted by Gasteiger charge is 2.19. The van der Waals surface area contributed by atoms with Gasteiger partial charge in [0.1, 0.15) is 0 Å². The van der Waals surface area contributed by atoms with Gasteiger partial charge in [-0.25, -0.2) is 0 Å². The van der Waals surface area contributed by atoms with Crippen LogP contribution in [-0.4, -0.2) is 0 Å². The molecule has 0 aromatic heterocycles. The lowest BCUT2D eigenvalue weighted by Crippen LogP contribution is -2.08. The fourth-order valence-electron chi connectivity index (χ4n) is 3.14. The van der Waals surface area contributed by atoms with Crippen molar-refractivity contribution in [1.29, 1.82) is 0 Å². The minimum atomic E-state index is 0.223. The van der Waals surface area contributed by atoms with Gasteiger partial charge in [-0.05, 0) is 34.7 Å². The number of hydrogen-bond acceptors (Lipinski definition) is 1. The van der Waals surface area contributed by atoms with Gasteiger partial charge in [0, 0.05) is 11.6 Å². The average molecular weight is 287 g/mol. The minimum Gasteiger partial charge on any atom is -0.398 e. The summed E-state index contributed by atoms with van der Waals surface area (Å²) in [5.74, 6) is 0.223. The van der Waals surface area contributed by atoms with E-state index in [4.69, 9.17) is 5.73 Å². The highest BCUT2D eigenvalue weighted by Crippen LogP contribution is 2.35. The first kappa shape index (κ1) is 14.4. The van der Waals surface area contributed by atoms with Crippen molar-refractivity contribution in [1.82, 2.24) is 0 Å². The Hall–Kier alpha value is -2.54. The molecular formula is C21H21N. The van der Waals surface area contributed by atoms with Crippen LogP contribution in [0.5, 0.6) is 0 Å². The van der Waals surface area contributed by atoms with Crippen molar-refractivity contribution in [2.45, 2.75) is 19.3 Å². The van der Waals surface area contributed by atoms with Crippen LogP contribution in [0.15, 0.2) is 78.9 Å². The number of anilines is 1. The minimum absolute atomic E-state index is 0.223. The van der Waals surface area contributed by atoms with Crippen LogP contribution in [0.1, 0.15) is 35.1 Å². The zero-order chi connectivity index (χ0) is 15.4. The van der Waals surface area contributed by atoms with Crippen LogP contribution in [0, 0.1) is 0 Å². The lowest BCUT2D eigenvalue weighted by Gasteiger charge is -2.22. The molecule has 0 atom stereocenters. The molecule has 0 saturated heterocycles. The first-order valence-corrected chi connectivity index (χ1v) is 7.78. The van der Waals surface area contributed by atoms with E-state index >= 15 is 0 Å². The first-order chi connectivity index (χ1) is 10.8. The van der Waals surface area contributed by atoms with Crippen molar-refractivity contribution in [3.8, 4) is 0 Å². The molecular weight excluding hydrogens is 266 g/mol. The smallest absolute Gasteiger partial charge is 0.0349 e. The molecule has 0 bridgehead atoms. The van der Waals surface area contributed by atoms with Crippen LogP contribution in [0.2, 0.25) is 0 Å². The van der Waals surface area contributed by atoms with Crippen LogP contribution >= 0.6 is 0 Å². The Morgan fingerprint density at radius 2 is 1.27 bits per heavy atom. The Balaban J connectivity index is 2.21. The van der Waals surface area contributed by atoms with Gasteiger partial charge in [-0.15, -0.1) is 0 Å². The van der Waals surface area contributed by atoms with E-state index in [1.807, 2.05) is 6.07 Å². The fourth-order valence-corrected chi connectivity index (χ4v) is 3.14. The lowest BCUT2D eigenvalue weighted by molar-refractivity contribution is 0.941. The maximum Gasteiger partial charge on any atom is 0.0349 e. The van der Waals surface area contributed by atoms with E-state index in [1.54, 1.807) is 0 Å². The summed E-state index contributed by atoms with van der Waals surface area (Å²) in [6, 6.07) is 27.6. The second-order valence-electron chi connectivity index (χ2n) is 5.52. The molecule has 2 N–H and O–H groups in total. The normalized spacial score (nSPS) is 10.8. The third kappa shape index (κ3) is 2.75. The summed E-state index contributed by atoms with van der Waals surface area (Å²) in [5.41, 5.74) is 12.3. The molecule has 0 unspecified atom stereocenters. The topological polar surface area (TPSA) is 26.0 Å². The van der Waals surface area contributed by atoms with E-state index in [1.165, 1.54) is 22.3 Å². The van der Waals surface area contributed by atoms with Gasteiger partial charge in [0.2, 0.25) is 0 Å². The van der Waals surface area contributed by atoms with Crippen molar-refractivity contribution >= 4 is 5.69 Å². The molecule has 0 heterocycles. The first-order valence-electron chi connectivity index (χ1n) is 7.78. The zero-order valence-electron chi connectivity index (χ0n) is 12.9. The molecule has 22 heavy (non-hydrogen) atoms. The Morgan fingerprint density at radius 3 is 1.77 bits per heavy atom. The van der Waals surface area contributed by atoms with Crippen molar-refractivity contribution in [2.75, 3.05) is 5.73 Å². The van der Waals surface area contributed by atoms with Gasteiger partial charge in [0.15, 0.2) is 0 Å². The highest BCUT2D eigenvalue weighted by atomic mass is 14.6. The number of nitrogens with two attached hydrogens (primary N) is 1. The molecule has 0 aliphatic rings. The quantitative estimate of drug-likeness (QED) is 0.529. The number of benzene rings is 3. The van der Waals surface area contributed by atoms with Crippen molar-refractivity contribution in [3.05, 3.63) is 101 Å². The van der Waals surface area contributed by atoms with Crippen LogP contribution in [0.4, 0.5) is 5.69 Å². The summed E-state index contributed by atoms with van der Waals surface area (Å²) in [5, 5.41) is 0. The van der Waals surface area contributed by atoms with E-state index in [2.05, 4.69) is 79.7 Å². The summed E-state index contributed by atoms with van der Waals surface area (Å²) in [7, 11) is 0. The van der Waals surface area contributed by atoms with E-state index in [0.717, 1.165) is 12.1 Å². The number of rotatable bonds is 4. The van der Waals surface area contributed by atoms with Crippen LogP contribution in [0.3, 0.4) is 0 Å². The van der Waals surface area contributed by atoms with E-state index in [9.17, 15) is 0 Å². The Morgan fingerprint density at radius 1 is 0.727 bits per heavy atom. The summed E-state index contributed by atoms with van der Waals surface area (Å²) >= 11 is 0. The van der Waals surface area contributed by atoms with Crippen molar-refractivity contribution in [2.24, 2.45) is 0 Å². The van der Waals surface area contributed by atoms with Gasteiger partial charge in [0.25, 0.3) is 0 Å². The van der Waals surface area contributed by atoms with Crippen LogP contribution in [0.25, 0.3) is 0 Å². The van der Waals surface area contributed by atoms with E-state index in [-0.39, 0.29) is 5.92 Å². The van der Waals surface area contributed by atoms with Gasteiger partial charge in [-0.1, -0.05) is 79.7 Å². The number of hydrogen-bond donors (Lipinski definition) is 1. The average Bonchev–Trinajstić information content (AvgIpc) is 2.57. The van der Waals surface area contributed by atoms with E-state index < -0.39 is 0 Å². The second kappa shape index (κ2) is 6.48. The fraction of sp³-hybridized carbons (Fsp3) is 0.143. The van der Waals surface area contributed by atoms with Gasteiger partial charge < -0.3 is 5.73 Å². The molecule has 3 aromatic rings. The second-order valence-corrected chi connectivity index (χ2v) is 5.52. The van der Waals surface area contributed by atoms with Gasteiger partial charge in [0.05, 0.1) is 0 Å². The summed E-state index contributed by atoms with van der Waals surface area (Å²) in [6.45, 7) is 2.17. The summed E-state index contributed by atoms with van der Waals surface area (Å²) in [6.07, 6.45) is 0.943. The van der Waals surface area contributed by atoms with Crippen LogP contribution < -0.4 is 5.73 Å². The molecule has 1 nitrogen and oxygen atoms in total. The maximum atomic E-state index is 6.23. The monoisotopic (exact) mass is 287 g/mol. The van der Waals surface area contributed by atoms with Crippen LogP contribution in [-0.2, 0) is 6.42 Å². The molecule has 0 aliphatic carbocycles. The predicted octanol–water partition coefficient (Wildman–Crippen LogP) is 5.01. The third-order valence-electron chi connectivity index (χ3n) is 4.18. The van der Waals surface area contributed by atoms with Crippen molar-refractivity contribution in [3.63, 3.8) is 0 Å². The maximum absolute atomic E-state index is 6.23. The predicted molar refractivity (Wildman–Crippen MR) is 94.1 cm³/mol.